The van der Waals surface area contributed by atoms with Gasteiger partial charge in [-0.1, -0.05) is 352 Å². The second-order valence-electron chi connectivity index (χ2n) is 22.9. The predicted molar refractivity (Wildman–Crippen MR) is 363 cm³/mol. The molecule has 462 valence electrons. The third-order valence-electron chi connectivity index (χ3n) is 15.1. The third kappa shape index (κ3) is 67.0. The maximum absolute atomic E-state index is 12.5. The van der Waals surface area contributed by atoms with E-state index < -0.39 is 12.1 Å². The molecule has 0 radical (unpaired) electrons. The summed E-state index contributed by atoms with van der Waals surface area (Å²) in [6.45, 7) is 4.20. The summed E-state index contributed by atoms with van der Waals surface area (Å²) in [5.74, 6) is -0.0983. The number of hydrogen-bond acceptors (Lipinski definition) is 3. The number of allylic oxidation sites excluding steroid dienone is 23. The van der Waals surface area contributed by atoms with Crippen LogP contribution in [-0.4, -0.2) is 34.9 Å². The van der Waals surface area contributed by atoms with Gasteiger partial charge in [0, 0.05) is 6.42 Å². The van der Waals surface area contributed by atoms with Gasteiger partial charge in [-0.15, -0.1) is 0 Å². The molecular formula is C77H131NO3. The molecule has 0 aliphatic carbocycles. The van der Waals surface area contributed by atoms with Gasteiger partial charge in [0.05, 0.1) is 18.8 Å². The largest absolute Gasteiger partial charge is 0.394 e. The van der Waals surface area contributed by atoms with E-state index in [-0.39, 0.29) is 12.5 Å². The van der Waals surface area contributed by atoms with E-state index in [1.807, 2.05) is 6.08 Å². The van der Waals surface area contributed by atoms with Crippen LogP contribution < -0.4 is 5.32 Å². The van der Waals surface area contributed by atoms with Gasteiger partial charge in [0.15, 0.2) is 0 Å². The van der Waals surface area contributed by atoms with Crippen molar-refractivity contribution in [1.29, 1.82) is 0 Å². The number of aliphatic hydroxyl groups excluding tert-OH is 2. The number of carbonyl (C=O) groups is 1. The monoisotopic (exact) mass is 1120 g/mol. The van der Waals surface area contributed by atoms with Crippen molar-refractivity contribution >= 4 is 5.91 Å². The van der Waals surface area contributed by atoms with Crippen molar-refractivity contribution in [1.82, 2.24) is 5.32 Å². The summed E-state index contributed by atoms with van der Waals surface area (Å²) in [6, 6.07) is -0.654. The average Bonchev–Trinajstić information content (AvgIpc) is 3.47. The Morgan fingerprint density at radius 3 is 0.815 bits per heavy atom. The molecule has 0 aliphatic heterocycles. The molecule has 0 bridgehead atoms. The van der Waals surface area contributed by atoms with Gasteiger partial charge in [0.2, 0.25) is 5.91 Å². The quantitative estimate of drug-likeness (QED) is 0.0420. The lowest BCUT2D eigenvalue weighted by Crippen LogP contribution is -2.45. The summed E-state index contributed by atoms with van der Waals surface area (Å²) in [4.78, 5) is 12.5. The highest BCUT2D eigenvalue weighted by Gasteiger charge is 2.18. The van der Waals surface area contributed by atoms with Gasteiger partial charge < -0.3 is 15.5 Å². The number of carbonyl (C=O) groups excluding carboxylic acids is 1. The fourth-order valence-corrected chi connectivity index (χ4v) is 9.89. The first-order chi connectivity index (χ1) is 40.2. The fraction of sp³-hybridized carbons (Fsp3) is 0.675. The van der Waals surface area contributed by atoms with E-state index in [9.17, 15) is 15.0 Å². The molecule has 0 saturated carbocycles. The summed E-state index contributed by atoms with van der Waals surface area (Å²) < 4.78 is 0. The lowest BCUT2D eigenvalue weighted by Gasteiger charge is -2.19. The summed E-state index contributed by atoms with van der Waals surface area (Å²) in [5.41, 5.74) is 0. The van der Waals surface area contributed by atoms with Crippen LogP contribution in [0, 0.1) is 0 Å². The zero-order chi connectivity index (χ0) is 58.4. The molecule has 3 N–H and O–H groups in total. The van der Waals surface area contributed by atoms with Gasteiger partial charge >= 0.3 is 0 Å². The average molecular weight is 1120 g/mol. The Kier molecular flexibility index (Phi) is 67.3. The summed E-state index contributed by atoms with van der Waals surface area (Å²) in [7, 11) is 0. The minimum Gasteiger partial charge on any atom is -0.394 e. The molecule has 4 nitrogen and oxygen atoms in total. The van der Waals surface area contributed by atoms with Crippen LogP contribution in [0.2, 0.25) is 0 Å². The number of nitrogens with one attached hydrogen (secondary N) is 1. The summed E-state index contributed by atoms with van der Waals surface area (Å²) in [5, 5.41) is 23.3. The highest BCUT2D eigenvalue weighted by Crippen LogP contribution is 2.17. The highest BCUT2D eigenvalue weighted by molar-refractivity contribution is 5.76. The Labute approximate surface area is 503 Å². The van der Waals surface area contributed by atoms with Gasteiger partial charge in [0.1, 0.15) is 0 Å². The van der Waals surface area contributed by atoms with E-state index in [0.29, 0.717) is 6.42 Å². The standard InChI is InChI=1S/C77H131NO3/c1-3-5-7-9-11-13-15-17-19-21-23-25-27-29-31-33-35-37-38-39-40-41-43-45-47-49-51-53-55-57-59-61-63-65-67-69-71-73-77(81)78-75(74-79)76(80)72-70-68-66-64-62-60-58-56-54-52-50-48-46-44-42-36-34-32-30-28-26-24-22-20-18-16-14-12-10-8-6-4-2/h5,7,11,13,17,19,23,25,29,31,35,37,39-40,43,45,49,51,55,57,61,63,70,72,75-76,79-80H,3-4,6,8-10,12,14-16,18,20-22,24,26-28,30,32-34,36,38,41-42,44,46-48,50,52-54,56,58-60,62,64-69,71,73-74H2,1-2H3,(H,78,81)/b7-5-,13-11-,19-17-,25-23-,31-29-,37-35-,40-39-,45-43-,51-49-,57-55-,63-61-,72-70+. The van der Waals surface area contributed by atoms with Crippen molar-refractivity contribution in [2.45, 2.75) is 328 Å². The Hall–Kier alpha value is -3.73. The Bertz CT molecular complexity index is 1650. The maximum Gasteiger partial charge on any atom is 0.220 e. The topological polar surface area (TPSA) is 69.6 Å². The van der Waals surface area contributed by atoms with Crippen LogP contribution in [0.15, 0.2) is 146 Å². The van der Waals surface area contributed by atoms with Crippen LogP contribution in [0.3, 0.4) is 0 Å². The maximum atomic E-state index is 12.5. The number of hydrogen-bond donors (Lipinski definition) is 3. The van der Waals surface area contributed by atoms with E-state index in [1.165, 1.54) is 186 Å². The van der Waals surface area contributed by atoms with Gasteiger partial charge in [-0.25, -0.2) is 0 Å². The van der Waals surface area contributed by atoms with E-state index in [4.69, 9.17) is 0 Å². The first-order valence-electron chi connectivity index (χ1n) is 34.5. The molecule has 0 aromatic heterocycles. The second-order valence-corrected chi connectivity index (χ2v) is 22.9. The zero-order valence-electron chi connectivity index (χ0n) is 53.3. The molecule has 0 saturated heterocycles. The molecule has 0 rings (SSSR count). The van der Waals surface area contributed by atoms with Gasteiger partial charge in [-0.2, -0.15) is 0 Å². The van der Waals surface area contributed by atoms with Crippen LogP contribution in [0.4, 0.5) is 0 Å². The van der Waals surface area contributed by atoms with Gasteiger partial charge in [-0.3, -0.25) is 4.79 Å². The molecule has 0 heterocycles. The van der Waals surface area contributed by atoms with Crippen LogP contribution >= 0.6 is 0 Å². The molecule has 0 aromatic rings. The third-order valence-corrected chi connectivity index (χ3v) is 15.1. The Morgan fingerprint density at radius 1 is 0.309 bits per heavy atom. The molecule has 81 heavy (non-hydrogen) atoms. The highest BCUT2D eigenvalue weighted by atomic mass is 16.3. The van der Waals surface area contributed by atoms with Gasteiger partial charge in [-0.05, 0) is 103 Å². The van der Waals surface area contributed by atoms with E-state index in [1.54, 1.807) is 6.08 Å². The smallest absolute Gasteiger partial charge is 0.220 e. The van der Waals surface area contributed by atoms with Crippen LogP contribution in [-0.2, 0) is 4.79 Å². The molecule has 4 heteroatoms. The summed E-state index contributed by atoms with van der Waals surface area (Å²) in [6.07, 6.45) is 111. The summed E-state index contributed by atoms with van der Waals surface area (Å²) >= 11 is 0. The Balaban J connectivity index is 3.62. The molecular weight excluding hydrogens is 987 g/mol. The van der Waals surface area contributed by atoms with Crippen molar-refractivity contribution in [3.8, 4) is 0 Å². The first-order valence-corrected chi connectivity index (χ1v) is 34.5. The lowest BCUT2D eigenvalue weighted by molar-refractivity contribution is -0.123. The lowest BCUT2D eigenvalue weighted by atomic mass is 10.0. The van der Waals surface area contributed by atoms with Crippen molar-refractivity contribution < 1.29 is 15.0 Å². The van der Waals surface area contributed by atoms with E-state index >= 15 is 0 Å². The molecule has 1 amide bonds. The van der Waals surface area contributed by atoms with Crippen LogP contribution in [0.25, 0.3) is 0 Å². The molecule has 2 atom stereocenters. The molecule has 0 aliphatic rings. The normalized spacial score (nSPS) is 13.7. The fourth-order valence-electron chi connectivity index (χ4n) is 9.89. The zero-order valence-corrected chi connectivity index (χ0v) is 53.3. The number of unbranched alkanes of at least 4 members (excludes halogenated alkanes) is 33. The molecule has 0 fully saturated rings. The van der Waals surface area contributed by atoms with Crippen molar-refractivity contribution in [2.75, 3.05) is 6.61 Å². The molecule has 2 unspecified atom stereocenters. The number of aliphatic hydroxyl groups is 2. The molecule has 0 spiro atoms. The predicted octanol–water partition coefficient (Wildman–Crippen LogP) is 23.9. The Morgan fingerprint density at radius 2 is 0.543 bits per heavy atom. The minimum atomic E-state index is -0.867. The molecule has 0 aromatic carbocycles. The second kappa shape index (κ2) is 70.5. The van der Waals surface area contributed by atoms with Crippen molar-refractivity contribution in [3.63, 3.8) is 0 Å². The SMILES string of the molecule is CC/C=C\C/C=C\C/C=C\C/C=C\C/C=C\C/C=C\C/C=C\C/C=C\C/C=C\C/C=C\C/C=C\CCCCCC(=O)NC(CO)C(O)/C=C/CCCCCCCCCCCCCCCCCCCCCCCCCCCCCCCC. The van der Waals surface area contributed by atoms with E-state index in [0.717, 1.165) is 109 Å². The number of rotatable bonds is 62. The first kappa shape index (κ1) is 77.3. The van der Waals surface area contributed by atoms with Crippen molar-refractivity contribution in [3.05, 3.63) is 146 Å². The van der Waals surface area contributed by atoms with E-state index in [2.05, 4.69) is 153 Å². The number of amides is 1. The van der Waals surface area contributed by atoms with Crippen LogP contribution in [0.1, 0.15) is 316 Å². The van der Waals surface area contributed by atoms with Gasteiger partial charge in [0.25, 0.3) is 0 Å². The van der Waals surface area contributed by atoms with Crippen molar-refractivity contribution in [2.24, 2.45) is 0 Å². The minimum absolute atomic E-state index is 0.0983. The van der Waals surface area contributed by atoms with Crippen LogP contribution in [0.5, 0.6) is 0 Å².